The van der Waals surface area contributed by atoms with Crippen molar-refractivity contribution in [2.75, 3.05) is 27.4 Å². The zero-order valence-electron chi connectivity index (χ0n) is 9.41. The summed E-state index contributed by atoms with van der Waals surface area (Å²) in [5.74, 6) is 0. The third-order valence-electron chi connectivity index (χ3n) is 2.05. The molecule has 0 aromatic rings. The van der Waals surface area contributed by atoms with E-state index in [0.717, 1.165) is 25.3 Å². The van der Waals surface area contributed by atoms with Crippen LogP contribution in [0.5, 0.6) is 0 Å². The lowest BCUT2D eigenvalue weighted by Crippen LogP contribution is -2.43. The van der Waals surface area contributed by atoms with Crippen LogP contribution in [0.4, 0.5) is 0 Å². The SMILES string of the molecule is CCC[Si](OC)(OC)OCCCCO. The molecule has 0 aromatic heterocycles. The first-order valence-corrected chi connectivity index (χ1v) is 7.03. The van der Waals surface area contributed by atoms with E-state index in [9.17, 15) is 0 Å². The molecule has 0 aliphatic rings. The molecule has 86 valence electrons. The van der Waals surface area contributed by atoms with Crippen molar-refractivity contribution in [3.8, 4) is 0 Å². The second-order valence-electron chi connectivity index (χ2n) is 3.12. The van der Waals surface area contributed by atoms with Gasteiger partial charge in [0, 0.05) is 33.5 Å². The molecule has 0 atom stereocenters. The van der Waals surface area contributed by atoms with E-state index in [-0.39, 0.29) is 6.61 Å². The number of aliphatic hydroxyl groups is 1. The van der Waals surface area contributed by atoms with Gasteiger partial charge in [-0.05, 0) is 12.8 Å². The molecule has 0 aliphatic carbocycles. The van der Waals surface area contributed by atoms with E-state index in [1.165, 1.54) is 0 Å². The maximum absolute atomic E-state index is 8.61. The first kappa shape index (κ1) is 14.1. The van der Waals surface area contributed by atoms with Gasteiger partial charge in [0.1, 0.15) is 0 Å². The van der Waals surface area contributed by atoms with Gasteiger partial charge in [-0.2, -0.15) is 0 Å². The fourth-order valence-corrected chi connectivity index (χ4v) is 3.25. The highest BCUT2D eigenvalue weighted by molar-refractivity contribution is 6.60. The second-order valence-corrected chi connectivity index (χ2v) is 6.09. The Labute approximate surface area is 87.5 Å². The monoisotopic (exact) mass is 222 g/mol. The molecule has 0 fully saturated rings. The molecule has 0 saturated carbocycles. The lowest BCUT2D eigenvalue weighted by molar-refractivity contribution is 0.0944. The summed E-state index contributed by atoms with van der Waals surface area (Å²) in [5.41, 5.74) is 0. The van der Waals surface area contributed by atoms with Gasteiger partial charge in [0.15, 0.2) is 0 Å². The van der Waals surface area contributed by atoms with Gasteiger partial charge in [-0.25, -0.2) is 0 Å². The van der Waals surface area contributed by atoms with Gasteiger partial charge in [0.05, 0.1) is 0 Å². The molecule has 0 aliphatic heterocycles. The van der Waals surface area contributed by atoms with Crippen LogP contribution in [0.1, 0.15) is 26.2 Å². The average Bonchev–Trinajstić information content (AvgIpc) is 2.23. The van der Waals surface area contributed by atoms with Crippen LogP contribution in [0.3, 0.4) is 0 Å². The van der Waals surface area contributed by atoms with Crippen molar-refractivity contribution in [1.82, 2.24) is 0 Å². The Bertz CT molecular complexity index is 128. The van der Waals surface area contributed by atoms with Crippen molar-refractivity contribution in [2.24, 2.45) is 0 Å². The highest BCUT2D eigenvalue weighted by Crippen LogP contribution is 2.16. The number of aliphatic hydroxyl groups excluding tert-OH is 1. The molecule has 0 spiro atoms. The topological polar surface area (TPSA) is 47.9 Å². The Hall–Kier alpha value is 0.0569. The lowest BCUT2D eigenvalue weighted by Gasteiger charge is -2.25. The summed E-state index contributed by atoms with van der Waals surface area (Å²) in [5, 5.41) is 8.61. The minimum atomic E-state index is -2.38. The molecule has 14 heavy (non-hydrogen) atoms. The van der Waals surface area contributed by atoms with Crippen LogP contribution in [0.2, 0.25) is 6.04 Å². The highest BCUT2D eigenvalue weighted by atomic mass is 28.4. The van der Waals surface area contributed by atoms with E-state index < -0.39 is 8.80 Å². The van der Waals surface area contributed by atoms with E-state index in [2.05, 4.69) is 6.92 Å². The van der Waals surface area contributed by atoms with Gasteiger partial charge in [-0.1, -0.05) is 13.3 Å². The maximum Gasteiger partial charge on any atom is 0.500 e. The Morgan fingerprint density at radius 1 is 1.14 bits per heavy atom. The third-order valence-corrected chi connectivity index (χ3v) is 5.05. The fourth-order valence-electron chi connectivity index (χ4n) is 1.23. The van der Waals surface area contributed by atoms with Crippen molar-refractivity contribution >= 4 is 8.80 Å². The van der Waals surface area contributed by atoms with Crippen LogP contribution in [0.25, 0.3) is 0 Å². The summed E-state index contributed by atoms with van der Waals surface area (Å²) in [7, 11) is 0.898. The zero-order chi connectivity index (χ0) is 10.9. The molecule has 4 nitrogen and oxygen atoms in total. The van der Waals surface area contributed by atoms with Crippen molar-refractivity contribution in [2.45, 2.75) is 32.2 Å². The molecule has 1 N–H and O–H groups in total. The van der Waals surface area contributed by atoms with Crippen molar-refractivity contribution in [3.05, 3.63) is 0 Å². The van der Waals surface area contributed by atoms with Crippen LogP contribution < -0.4 is 0 Å². The minimum absolute atomic E-state index is 0.214. The first-order chi connectivity index (χ1) is 6.74. The normalized spacial score (nSPS) is 12.0. The minimum Gasteiger partial charge on any atom is -0.396 e. The Morgan fingerprint density at radius 3 is 2.21 bits per heavy atom. The smallest absolute Gasteiger partial charge is 0.396 e. The molecule has 0 radical (unpaired) electrons. The van der Waals surface area contributed by atoms with Gasteiger partial charge in [0.2, 0.25) is 0 Å². The van der Waals surface area contributed by atoms with Gasteiger partial charge in [-0.15, -0.1) is 0 Å². The molecular weight excluding hydrogens is 200 g/mol. The Morgan fingerprint density at radius 2 is 1.79 bits per heavy atom. The predicted molar refractivity (Wildman–Crippen MR) is 57.1 cm³/mol. The van der Waals surface area contributed by atoms with Crippen molar-refractivity contribution < 1.29 is 18.4 Å². The van der Waals surface area contributed by atoms with E-state index in [4.69, 9.17) is 18.4 Å². The first-order valence-electron chi connectivity index (χ1n) is 5.09. The number of hydrogen-bond donors (Lipinski definition) is 1. The van der Waals surface area contributed by atoms with Crippen LogP contribution in [-0.4, -0.2) is 41.3 Å². The van der Waals surface area contributed by atoms with Crippen LogP contribution in [0, 0.1) is 0 Å². The van der Waals surface area contributed by atoms with Gasteiger partial charge in [-0.3, -0.25) is 0 Å². The molecule has 0 unspecified atom stereocenters. The fraction of sp³-hybridized carbons (Fsp3) is 1.00. The average molecular weight is 222 g/mol. The molecule has 0 rings (SSSR count). The molecule has 0 aromatic carbocycles. The summed E-state index contributed by atoms with van der Waals surface area (Å²) < 4.78 is 16.3. The molecule has 0 bridgehead atoms. The molecule has 0 amide bonds. The van der Waals surface area contributed by atoms with Gasteiger partial charge in [0.25, 0.3) is 0 Å². The summed E-state index contributed by atoms with van der Waals surface area (Å²) in [6.45, 7) is 2.90. The maximum atomic E-state index is 8.61. The van der Waals surface area contributed by atoms with E-state index in [1.54, 1.807) is 14.2 Å². The number of hydrogen-bond acceptors (Lipinski definition) is 4. The Kier molecular flexibility index (Phi) is 8.41. The zero-order valence-corrected chi connectivity index (χ0v) is 10.4. The van der Waals surface area contributed by atoms with Crippen LogP contribution >= 0.6 is 0 Å². The highest BCUT2D eigenvalue weighted by Gasteiger charge is 2.37. The quantitative estimate of drug-likeness (QED) is 0.473. The summed E-state index contributed by atoms with van der Waals surface area (Å²) in [6.07, 6.45) is 2.61. The number of rotatable bonds is 9. The van der Waals surface area contributed by atoms with E-state index in [1.807, 2.05) is 0 Å². The summed E-state index contributed by atoms with van der Waals surface area (Å²) in [4.78, 5) is 0. The molecular formula is C9H22O4Si. The molecule has 0 saturated heterocycles. The van der Waals surface area contributed by atoms with E-state index >= 15 is 0 Å². The van der Waals surface area contributed by atoms with Crippen LogP contribution in [0.15, 0.2) is 0 Å². The summed E-state index contributed by atoms with van der Waals surface area (Å²) in [6, 6.07) is 0.846. The Balaban J connectivity index is 3.82. The van der Waals surface area contributed by atoms with Crippen LogP contribution in [-0.2, 0) is 13.3 Å². The predicted octanol–water partition coefficient (Wildman–Crippen LogP) is 1.42. The van der Waals surface area contributed by atoms with Gasteiger partial charge < -0.3 is 18.4 Å². The number of unbranched alkanes of at least 4 members (excludes halogenated alkanes) is 1. The molecule has 0 heterocycles. The largest absolute Gasteiger partial charge is 0.500 e. The van der Waals surface area contributed by atoms with Crippen molar-refractivity contribution in [3.63, 3.8) is 0 Å². The third kappa shape index (κ3) is 5.07. The lowest BCUT2D eigenvalue weighted by atomic mass is 10.3. The summed E-state index contributed by atoms with van der Waals surface area (Å²) >= 11 is 0. The standard InChI is InChI=1S/C9H22O4Si/c1-4-9-14(11-2,12-3)13-8-6-5-7-10/h10H,4-9H2,1-3H3. The van der Waals surface area contributed by atoms with Crippen molar-refractivity contribution in [1.29, 1.82) is 0 Å². The molecule has 5 heteroatoms. The second kappa shape index (κ2) is 8.37. The van der Waals surface area contributed by atoms with E-state index in [0.29, 0.717) is 6.61 Å². The van der Waals surface area contributed by atoms with Gasteiger partial charge >= 0.3 is 8.80 Å².